The first-order chi connectivity index (χ1) is 9.74. The van der Waals surface area contributed by atoms with Crippen LogP contribution in [0.1, 0.15) is 17.0 Å². The first-order valence-corrected chi connectivity index (χ1v) is 7.06. The molecule has 0 spiro atoms. The summed E-state index contributed by atoms with van der Waals surface area (Å²) in [6, 6.07) is 6.19. The van der Waals surface area contributed by atoms with E-state index >= 15 is 0 Å². The van der Waals surface area contributed by atoms with E-state index in [4.69, 9.17) is 4.52 Å². The van der Waals surface area contributed by atoms with E-state index in [1.54, 1.807) is 0 Å². The Morgan fingerprint density at radius 1 is 1.20 bits per heavy atom. The highest BCUT2D eigenvalue weighted by atomic mass is 16.5. The van der Waals surface area contributed by atoms with Crippen LogP contribution in [0.15, 0.2) is 22.7 Å². The molecule has 2 aromatic rings. The molecule has 1 aliphatic heterocycles. The van der Waals surface area contributed by atoms with Gasteiger partial charge in [-0.2, -0.15) is 4.98 Å². The summed E-state index contributed by atoms with van der Waals surface area (Å²) in [6.07, 6.45) is 0. The molecule has 20 heavy (non-hydrogen) atoms. The van der Waals surface area contributed by atoms with Crippen molar-refractivity contribution < 1.29 is 4.52 Å². The molecule has 1 saturated heterocycles. The first-order valence-electron chi connectivity index (χ1n) is 7.06. The van der Waals surface area contributed by atoms with Gasteiger partial charge in [-0.15, -0.1) is 0 Å². The van der Waals surface area contributed by atoms with Gasteiger partial charge >= 0.3 is 0 Å². The fourth-order valence-electron chi connectivity index (χ4n) is 2.64. The second-order valence-corrected chi connectivity index (χ2v) is 5.31. The largest absolute Gasteiger partial charge is 0.334 e. The fraction of sp³-hybridized carbons (Fsp3) is 0.467. The van der Waals surface area contributed by atoms with Crippen LogP contribution in [0.4, 0.5) is 0 Å². The van der Waals surface area contributed by atoms with Crippen LogP contribution in [0.2, 0.25) is 0 Å². The van der Waals surface area contributed by atoms with Crippen LogP contribution in [0, 0.1) is 13.8 Å². The van der Waals surface area contributed by atoms with Crippen LogP contribution in [0.3, 0.4) is 0 Å². The Hall–Kier alpha value is -1.72. The van der Waals surface area contributed by atoms with Crippen molar-refractivity contribution in [1.29, 1.82) is 0 Å². The van der Waals surface area contributed by atoms with Crippen molar-refractivity contribution in [3.63, 3.8) is 0 Å². The third-order valence-electron chi connectivity index (χ3n) is 3.74. The van der Waals surface area contributed by atoms with Gasteiger partial charge in [-0.3, -0.25) is 4.90 Å². The smallest absolute Gasteiger partial charge is 0.258 e. The number of nitrogens with zero attached hydrogens (tertiary/aromatic N) is 3. The second-order valence-electron chi connectivity index (χ2n) is 5.31. The first kappa shape index (κ1) is 13.3. The highest BCUT2D eigenvalue weighted by Gasteiger charge is 2.16. The van der Waals surface area contributed by atoms with Gasteiger partial charge in [0.25, 0.3) is 5.89 Å². The molecule has 0 aliphatic carbocycles. The average Bonchev–Trinajstić information content (AvgIpc) is 2.88. The minimum Gasteiger partial charge on any atom is -0.334 e. The van der Waals surface area contributed by atoms with E-state index < -0.39 is 0 Å². The molecule has 0 saturated carbocycles. The predicted octanol–water partition coefficient (Wildman–Crippen LogP) is 1.76. The maximum Gasteiger partial charge on any atom is 0.258 e. The molecule has 0 amide bonds. The maximum atomic E-state index is 5.45. The summed E-state index contributed by atoms with van der Waals surface area (Å²) in [4.78, 5) is 6.90. The summed E-state index contributed by atoms with van der Waals surface area (Å²) < 4.78 is 5.45. The zero-order valence-electron chi connectivity index (χ0n) is 12.0. The summed E-state index contributed by atoms with van der Waals surface area (Å²) in [6.45, 7) is 9.03. The van der Waals surface area contributed by atoms with Crippen molar-refractivity contribution >= 4 is 0 Å². The number of aromatic nitrogens is 2. The monoisotopic (exact) mass is 272 g/mol. The van der Waals surface area contributed by atoms with Crippen LogP contribution in [0.5, 0.6) is 0 Å². The molecule has 0 atom stereocenters. The van der Waals surface area contributed by atoms with Gasteiger partial charge in [0.15, 0.2) is 5.82 Å². The Balaban J connectivity index is 1.79. The molecule has 5 heteroatoms. The number of piperazine rings is 1. The molecule has 5 nitrogen and oxygen atoms in total. The van der Waals surface area contributed by atoms with Crippen molar-refractivity contribution in [3.05, 3.63) is 35.2 Å². The lowest BCUT2D eigenvalue weighted by Crippen LogP contribution is -2.43. The molecule has 1 N–H and O–H groups in total. The van der Waals surface area contributed by atoms with Gasteiger partial charge in [0.2, 0.25) is 0 Å². The Labute approximate surface area is 119 Å². The number of aryl methyl sites for hydroxylation is 2. The molecule has 106 valence electrons. The van der Waals surface area contributed by atoms with E-state index in [1.165, 1.54) is 11.1 Å². The number of hydrogen-bond donors (Lipinski definition) is 1. The molecule has 1 fully saturated rings. The van der Waals surface area contributed by atoms with E-state index in [2.05, 4.69) is 46.3 Å². The summed E-state index contributed by atoms with van der Waals surface area (Å²) in [5.41, 5.74) is 3.40. The van der Waals surface area contributed by atoms with Crippen LogP contribution in [0.25, 0.3) is 11.5 Å². The number of benzene rings is 1. The average molecular weight is 272 g/mol. The lowest BCUT2D eigenvalue weighted by Gasteiger charge is -2.25. The van der Waals surface area contributed by atoms with E-state index in [-0.39, 0.29) is 0 Å². The molecule has 1 aromatic carbocycles. The predicted molar refractivity (Wildman–Crippen MR) is 77.4 cm³/mol. The minimum atomic E-state index is 0.630. The number of rotatable bonds is 3. The van der Waals surface area contributed by atoms with Crippen LogP contribution in [-0.2, 0) is 6.54 Å². The lowest BCUT2D eigenvalue weighted by molar-refractivity contribution is 0.225. The molecular weight excluding hydrogens is 252 g/mol. The molecule has 0 radical (unpaired) electrons. The van der Waals surface area contributed by atoms with Gasteiger partial charge < -0.3 is 9.84 Å². The van der Waals surface area contributed by atoms with Crippen molar-refractivity contribution in [2.45, 2.75) is 20.4 Å². The highest BCUT2D eigenvalue weighted by molar-refractivity contribution is 5.62. The van der Waals surface area contributed by atoms with Crippen LogP contribution >= 0.6 is 0 Å². The van der Waals surface area contributed by atoms with Gasteiger partial charge in [-0.25, -0.2) is 0 Å². The molecule has 0 unspecified atom stereocenters. The zero-order chi connectivity index (χ0) is 13.9. The molecule has 3 rings (SSSR count). The number of nitrogens with one attached hydrogen (secondary N) is 1. The van der Waals surface area contributed by atoms with E-state index in [9.17, 15) is 0 Å². The quantitative estimate of drug-likeness (QED) is 0.922. The Bertz CT molecular complexity index is 567. The van der Waals surface area contributed by atoms with Crippen molar-refractivity contribution in [2.24, 2.45) is 0 Å². The van der Waals surface area contributed by atoms with Crippen LogP contribution < -0.4 is 5.32 Å². The van der Waals surface area contributed by atoms with E-state index in [1.807, 2.05) is 6.07 Å². The highest BCUT2D eigenvalue weighted by Crippen LogP contribution is 2.25. The van der Waals surface area contributed by atoms with Crippen molar-refractivity contribution in [2.75, 3.05) is 26.2 Å². The van der Waals surface area contributed by atoms with Gasteiger partial charge in [0, 0.05) is 31.7 Å². The Morgan fingerprint density at radius 2 is 1.90 bits per heavy atom. The van der Waals surface area contributed by atoms with Gasteiger partial charge in [-0.05, 0) is 25.0 Å². The van der Waals surface area contributed by atoms with Crippen molar-refractivity contribution in [1.82, 2.24) is 20.4 Å². The Morgan fingerprint density at radius 3 is 2.60 bits per heavy atom. The molecule has 2 heterocycles. The third-order valence-corrected chi connectivity index (χ3v) is 3.74. The van der Waals surface area contributed by atoms with Gasteiger partial charge in [0.05, 0.1) is 6.54 Å². The normalized spacial score (nSPS) is 16.5. The summed E-state index contributed by atoms with van der Waals surface area (Å²) in [5.74, 6) is 1.40. The topological polar surface area (TPSA) is 54.2 Å². The fourth-order valence-corrected chi connectivity index (χ4v) is 2.64. The molecule has 1 aromatic heterocycles. The SMILES string of the molecule is Cc1cccc(C)c1-c1nc(CN2CCNCC2)no1. The summed E-state index contributed by atoms with van der Waals surface area (Å²) >= 11 is 0. The number of hydrogen-bond acceptors (Lipinski definition) is 5. The standard InChI is InChI=1S/C15H20N4O/c1-11-4-3-5-12(2)14(11)15-17-13(18-20-15)10-19-8-6-16-7-9-19/h3-5,16H,6-10H2,1-2H3. The zero-order valence-corrected chi connectivity index (χ0v) is 12.0. The van der Waals surface area contributed by atoms with Crippen LogP contribution in [-0.4, -0.2) is 41.2 Å². The lowest BCUT2D eigenvalue weighted by atomic mass is 10.0. The third kappa shape index (κ3) is 2.73. The van der Waals surface area contributed by atoms with Crippen molar-refractivity contribution in [3.8, 4) is 11.5 Å². The summed E-state index contributed by atoms with van der Waals surface area (Å²) in [7, 11) is 0. The van der Waals surface area contributed by atoms with Gasteiger partial charge in [-0.1, -0.05) is 23.4 Å². The summed E-state index contributed by atoms with van der Waals surface area (Å²) in [5, 5.41) is 7.46. The molecule has 0 bridgehead atoms. The molecular formula is C15H20N4O. The van der Waals surface area contributed by atoms with E-state index in [0.29, 0.717) is 5.89 Å². The Kier molecular flexibility index (Phi) is 3.80. The minimum absolute atomic E-state index is 0.630. The van der Waals surface area contributed by atoms with Gasteiger partial charge in [0.1, 0.15) is 0 Å². The second kappa shape index (κ2) is 5.73. The molecule has 1 aliphatic rings. The van der Waals surface area contributed by atoms with E-state index in [0.717, 1.165) is 44.1 Å². The maximum absolute atomic E-state index is 5.45.